The quantitative estimate of drug-likeness (QED) is 0.841. The number of nitrogens with zero attached hydrogens (tertiary/aromatic N) is 2. The number of halogens is 1. The van der Waals surface area contributed by atoms with Gasteiger partial charge >= 0.3 is 6.03 Å². The zero-order valence-corrected chi connectivity index (χ0v) is 14.0. The average molecular weight is 348 g/mol. The molecule has 1 aliphatic rings. The molecule has 2 heterocycles. The van der Waals surface area contributed by atoms with Crippen molar-refractivity contribution in [2.24, 2.45) is 0 Å². The van der Waals surface area contributed by atoms with Crippen LogP contribution in [0.4, 0.5) is 14.9 Å². The Morgan fingerprint density at radius 1 is 1.52 bits per heavy atom. The third kappa shape index (κ3) is 4.69. The fourth-order valence-corrected chi connectivity index (χ4v) is 2.70. The SMILES string of the molecule is COc1ccc(CNC(=O)Nc2cnn(CC3CCCO3)c2)cc1F. The van der Waals surface area contributed by atoms with E-state index < -0.39 is 5.82 Å². The Morgan fingerprint density at radius 2 is 2.40 bits per heavy atom. The summed E-state index contributed by atoms with van der Waals surface area (Å²) in [5.41, 5.74) is 1.24. The van der Waals surface area contributed by atoms with Crippen molar-refractivity contribution >= 4 is 11.7 Å². The second kappa shape index (κ2) is 7.98. The van der Waals surface area contributed by atoms with Crippen molar-refractivity contribution in [3.05, 3.63) is 42.0 Å². The van der Waals surface area contributed by atoms with Gasteiger partial charge in [0.05, 0.1) is 31.6 Å². The summed E-state index contributed by atoms with van der Waals surface area (Å²) in [5, 5.41) is 9.59. The summed E-state index contributed by atoms with van der Waals surface area (Å²) < 4.78 is 25.8. The van der Waals surface area contributed by atoms with Crippen molar-refractivity contribution in [1.29, 1.82) is 0 Å². The minimum Gasteiger partial charge on any atom is -0.494 e. The molecule has 1 fully saturated rings. The number of nitrogens with one attached hydrogen (secondary N) is 2. The van der Waals surface area contributed by atoms with Gasteiger partial charge in [0.1, 0.15) is 0 Å². The lowest BCUT2D eigenvalue weighted by Crippen LogP contribution is -2.28. The van der Waals surface area contributed by atoms with Crippen molar-refractivity contribution in [1.82, 2.24) is 15.1 Å². The number of aromatic nitrogens is 2. The van der Waals surface area contributed by atoms with Crippen molar-refractivity contribution < 1.29 is 18.7 Å². The predicted molar refractivity (Wildman–Crippen MR) is 90.0 cm³/mol. The second-order valence-corrected chi connectivity index (χ2v) is 5.86. The lowest BCUT2D eigenvalue weighted by molar-refractivity contribution is 0.0940. The van der Waals surface area contributed by atoms with E-state index in [9.17, 15) is 9.18 Å². The number of urea groups is 1. The summed E-state index contributed by atoms with van der Waals surface area (Å²) in [6.45, 7) is 1.68. The largest absolute Gasteiger partial charge is 0.494 e. The van der Waals surface area contributed by atoms with Crippen LogP contribution in [-0.2, 0) is 17.8 Å². The molecule has 0 aliphatic carbocycles. The van der Waals surface area contributed by atoms with Crippen LogP contribution in [0, 0.1) is 5.82 Å². The topological polar surface area (TPSA) is 77.4 Å². The molecule has 0 spiro atoms. The summed E-state index contributed by atoms with van der Waals surface area (Å²) in [6.07, 6.45) is 5.63. The fraction of sp³-hybridized carbons (Fsp3) is 0.412. The van der Waals surface area contributed by atoms with Gasteiger partial charge < -0.3 is 20.1 Å². The van der Waals surface area contributed by atoms with E-state index in [2.05, 4.69) is 15.7 Å². The molecular formula is C17H21FN4O3. The van der Waals surface area contributed by atoms with Gasteiger partial charge in [-0.25, -0.2) is 9.18 Å². The number of rotatable bonds is 6. The maximum absolute atomic E-state index is 13.6. The zero-order valence-electron chi connectivity index (χ0n) is 14.0. The molecule has 3 rings (SSSR count). The van der Waals surface area contributed by atoms with E-state index in [4.69, 9.17) is 9.47 Å². The van der Waals surface area contributed by atoms with Gasteiger partial charge in [-0.15, -0.1) is 0 Å². The maximum atomic E-state index is 13.6. The molecule has 0 saturated carbocycles. The van der Waals surface area contributed by atoms with Crippen molar-refractivity contribution in [3.63, 3.8) is 0 Å². The van der Waals surface area contributed by atoms with Crippen molar-refractivity contribution in [2.45, 2.75) is 32.0 Å². The van der Waals surface area contributed by atoms with Gasteiger partial charge in [-0.05, 0) is 30.5 Å². The summed E-state index contributed by atoms with van der Waals surface area (Å²) in [6, 6.07) is 4.17. The van der Waals surface area contributed by atoms with Crippen molar-refractivity contribution in [2.75, 3.05) is 19.0 Å². The molecule has 2 N–H and O–H groups in total. The lowest BCUT2D eigenvalue weighted by atomic mass is 10.2. The van der Waals surface area contributed by atoms with E-state index in [-0.39, 0.29) is 24.4 Å². The van der Waals surface area contributed by atoms with Crippen LogP contribution in [0.1, 0.15) is 18.4 Å². The van der Waals surface area contributed by atoms with Gasteiger partial charge in [-0.1, -0.05) is 6.07 Å². The Morgan fingerprint density at radius 3 is 3.12 bits per heavy atom. The first-order chi connectivity index (χ1) is 12.1. The first-order valence-electron chi connectivity index (χ1n) is 8.15. The summed E-state index contributed by atoms with van der Waals surface area (Å²) >= 11 is 0. The molecule has 1 saturated heterocycles. The third-order valence-corrected chi connectivity index (χ3v) is 3.98. The molecule has 0 bridgehead atoms. The highest BCUT2D eigenvalue weighted by Crippen LogP contribution is 2.18. The monoisotopic (exact) mass is 348 g/mol. The van der Waals surface area contributed by atoms with E-state index >= 15 is 0 Å². The Kier molecular flexibility index (Phi) is 5.49. The van der Waals surface area contributed by atoms with Gasteiger partial charge in [-0.2, -0.15) is 5.10 Å². The molecule has 2 amide bonds. The number of ether oxygens (including phenoxy) is 2. The second-order valence-electron chi connectivity index (χ2n) is 5.86. The van der Waals surface area contributed by atoms with Gasteiger partial charge in [0, 0.05) is 19.3 Å². The van der Waals surface area contributed by atoms with Crippen LogP contribution in [-0.4, -0.2) is 35.6 Å². The minimum absolute atomic E-state index is 0.173. The van der Waals surface area contributed by atoms with Gasteiger partial charge in [-0.3, -0.25) is 4.68 Å². The minimum atomic E-state index is -0.461. The molecule has 2 aromatic rings. The van der Waals surface area contributed by atoms with Crippen LogP contribution < -0.4 is 15.4 Å². The highest BCUT2D eigenvalue weighted by atomic mass is 19.1. The molecule has 1 aromatic heterocycles. The van der Waals surface area contributed by atoms with Crippen LogP contribution in [0.25, 0.3) is 0 Å². The Hall–Kier alpha value is -2.61. The Balaban J connectivity index is 1.47. The van der Waals surface area contributed by atoms with E-state index in [1.165, 1.54) is 19.2 Å². The molecular weight excluding hydrogens is 327 g/mol. The van der Waals surface area contributed by atoms with E-state index in [0.717, 1.165) is 19.4 Å². The first kappa shape index (κ1) is 17.2. The molecule has 1 unspecified atom stereocenters. The number of methoxy groups -OCH3 is 1. The van der Waals surface area contributed by atoms with Gasteiger partial charge in [0.15, 0.2) is 11.6 Å². The summed E-state index contributed by atoms with van der Waals surface area (Å²) in [7, 11) is 1.41. The van der Waals surface area contributed by atoms with E-state index in [1.807, 2.05) is 0 Å². The highest BCUT2D eigenvalue weighted by molar-refractivity contribution is 5.88. The number of carbonyl (C=O) groups excluding carboxylic acids is 1. The van der Waals surface area contributed by atoms with Gasteiger partial charge in [0.25, 0.3) is 0 Å². The Bertz CT molecular complexity index is 728. The standard InChI is InChI=1S/C17H21FN4O3/c1-24-16-5-4-12(7-15(16)18)8-19-17(23)21-13-9-20-22(10-13)11-14-3-2-6-25-14/h4-5,7,9-10,14H,2-3,6,8,11H2,1H3,(H2,19,21,23). The van der Waals surface area contributed by atoms with Crippen LogP contribution in [0.3, 0.4) is 0 Å². The molecule has 1 aliphatic heterocycles. The maximum Gasteiger partial charge on any atom is 0.319 e. The van der Waals surface area contributed by atoms with Crippen molar-refractivity contribution in [3.8, 4) is 5.75 Å². The summed E-state index contributed by atoms with van der Waals surface area (Å²) in [5.74, 6) is -0.288. The molecule has 134 valence electrons. The number of anilines is 1. The highest BCUT2D eigenvalue weighted by Gasteiger charge is 2.16. The smallest absolute Gasteiger partial charge is 0.319 e. The molecule has 1 atom stereocenters. The fourth-order valence-electron chi connectivity index (χ4n) is 2.70. The van der Waals surface area contributed by atoms with Crippen LogP contribution in [0.15, 0.2) is 30.6 Å². The van der Waals surface area contributed by atoms with Crippen LogP contribution in [0.2, 0.25) is 0 Å². The van der Waals surface area contributed by atoms with E-state index in [1.54, 1.807) is 23.1 Å². The number of hydrogen-bond acceptors (Lipinski definition) is 4. The number of amides is 2. The number of benzene rings is 1. The summed E-state index contributed by atoms with van der Waals surface area (Å²) in [4.78, 5) is 11.9. The van der Waals surface area contributed by atoms with Crippen LogP contribution >= 0.6 is 0 Å². The number of carbonyl (C=O) groups is 1. The molecule has 8 heteroatoms. The Labute approximate surface area is 145 Å². The molecule has 7 nitrogen and oxygen atoms in total. The predicted octanol–water partition coefficient (Wildman–Crippen LogP) is 2.53. The van der Waals surface area contributed by atoms with E-state index in [0.29, 0.717) is 17.8 Å². The first-order valence-corrected chi connectivity index (χ1v) is 8.15. The van der Waals surface area contributed by atoms with Gasteiger partial charge in [0.2, 0.25) is 0 Å². The molecule has 0 radical (unpaired) electrons. The van der Waals surface area contributed by atoms with Crippen LogP contribution in [0.5, 0.6) is 5.75 Å². The average Bonchev–Trinajstić information content (AvgIpc) is 3.26. The normalized spacial score (nSPS) is 16.6. The zero-order chi connectivity index (χ0) is 17.6. The molecule has 1 aromatic carbocycles. The molecule has 25 heavy (non-hydrogen) atoms. The number of hydrogen-bond donors (Lipinski definition) is 2. The third-order valence-electron chi connectivity index (χ3n) is 3.98. The lowest BCUT2D eigenvalue weighted by Gasteiger charge is -2.09.